The Morgan fingerprint density at radius 3 is 1.93 bits per heavy atom. The maximum atomic E-state index is 6.14. The average molecular weight is 212 g/mol. The molecule has 0 saturated heterocycles. The van der Waals surface area contributed by atoms with Crippen LogP contribution in [0.25, 0.3) is 0 Å². The molecule has 3 heteroatoms. The highest BCUT2D eigenvalue weighted by atomic mass is 32.1. The Balaban J connectivity index is 3.35. The number of aromatic nitrogens is 1. The SMILES string of the molecule is Cc1nsc(C(C)(C)N)c1C(C)(C)C. The molecule has 0 aromatic carbocycles. The van der Waals surface area contributed by atoms with Gasteiger partial charge in [-0.25, -0.2) is 0 Å². The first kappa shape index (κ1) is 11.7. The Morgan fingerprint density at radius 2 is 1.64 bits per heavy atom. The molecule has 0 saturated carbocycles. The van der Waals surface area contributed by atoms with Crippen molar-refractivity contribution in [2.45, 2.75) is 52.5 Å². The molecule has 0 unspecified atom stereocenters. The van der Waals surface area contributed by atoms with Crippen molar-refractivity contribution in [3.63, 3.8) is 0 Å². The molecule has 1 aromatic rings. The van der Waals surface area contributed by atoms with Gasteiger partial charge in [0.1, 0.15) is 0 Å². The Morgan fingerprint density at radius 1 is 1.14 bits per heavy atom. The molecule has 0 atom stereocenters. The van der Waals surface area contributed by atoms with Gasteiger partial charge in [-0.2, -0.15) is 4.37 Å². The second-order valence-corrected chi connectivity index (χ2v) is 6.22. The van der Waals surface area contributed by atoms with Crippen LogP contribution in [-0.4, -0.2) is 4.37 Å². The molecule has 1 rings (SSSR count). The summed E-state index contributed by atoms with van der Waals surface area (Å²) in [5, 5.41) is 0. The van der Waals surface area contributed by atoms with E-state index in [2.05, 4.69) is 32.1 Å². The molecule has 80 valence electrons. The minimum absolute atomic E-state index is 0.128. The third-order valence-corrected chi connectivity index (χ3v) is 3.48. The molecule has 2 nitrogen and oxygen atoms in total. The molecule has 0 aliphatic rings. The molecule has 1 heterocycles. The van der Waals surface area contributed by atoms with E-state index in [1.807, 2.05) is 13.8 Å². The molecular weight excluding hydrogens is 192 g/mol. The van der Waals surface area contributed by atoms with Crippen LogP contribution in [0.1, 0.15) is 50.8 Å². The monoisotopic (exact) mass is 212 g/mol. The van der Waals surface area contributed by atoms with Crippen LogP contribution in [0.5, 0.6) is 0 Å². The van der Waals surface area contributed by atoms with Crippen molar-refractivity contribution in [1.82, 2.24) is 4.37 Å². The van der Waals surface area contributed by atoms with Crippen molar-refractivity contribution in [1.29, 1.82) is 0 Å². The van der Waals surface area contributed by atoms with Crippen LogP contribution in [0.3, 0.4) is 0 Å². The summed E-state index contributed by atoms with van der Waals surface area (Å²) in [5.41, 5.74) is 8.42. The zero-order chi connectivity index (χ0) is 11.1. The van der Waals surface area contributed by atoms with Crippen LogP contribution in [0.2, 0.25) is 0 Å². The van der Waals surface area contributed by atoms with Gasteiger partial charge in [0, 0.05) is 10.4 Å². The molecular formula is C11H20N2S. The number of nitrogens with two attached hydrogens (primary N) is 1. The maximum Gasteiger partial charge on any atom is 0.0552 e. The molecule has 0 fully saturated rings. The van der Waals surface area contributed by atoms with E-state index < -0.39 is 0 Å². The first-order valence-electron chi connectivity index (χ1n) is 4.90. The lowest BCUT2D eigenvalue weighted by atomic mass is 9.82. The first-order chi connectivity index (χ1) is 6.14. The van der Waals surface area contributed by atoms with Crippen LogP contribution < -0.4 is 5.73 Å². The van der Waals surface area contributed by atoms with Crippen LogP contribution in [0.15, 0.2) is 0 Å². The topological polar surface area (TPSA) is 38.9 Å². The predicted octanol–water partition coefficient (Wildman–Crippen LogP) is 2.94. The molecule has 14 heavy (non-hydrogen) atoms. The van der Waals surface area contributed by atoms with Gasteiger partial charge in [-0.05, 0) is 43.3 Å². The second kappa shape index (κ2) is 3.31. The summed E-state index contributed by atoms with van der Waals surface area (Å²) < 4.78 is 4.41. The highest BCUT2D eigenvalue weighted by Gasteiger charge is 2.29. The fourth-order valence-corrected chi connectivity index (χ4v) is 2.79. The summed E-state index contributed by atoms with van der Waals surface area (Å²) in [4.78, 5) is 1.21. The van der Waals surface area contributed by atoms with E-state index in [0.29, 0.717) is 0 Å². The number of hydrogen-bond acceptors (Lipinski definition) is 3. The number of aryl methyl sites for hydroxylation is 1. The Bertz CT molecular complexity index is 326. The fourth-order valence-electron chi connectivity index (χ4n) is 1.69. The van der Waals surface area contributed by atoms with Gasteiger partial charge >= 0.3 is 0 Å². The third-order valence-electron chi connectivity index (χ3n) is 2.20. The van der Waals surface area contributed by atoms with Crippen LogP contribution >= 0.6 is 11.5 Å². The molecule has 0 aliphatic carbocycles. The maximum absolute atomic E-state index is 6.14. The van der Waals surface area contributed by atoms with Crippen molar-refractivity contribution in [3.8, 4) is 0 Å². The lowest BCUT2D eigenvalue weighted by molar-refractivity contribution is 0.521. The van der Waals surface area contributed by atoms with Crippen LogP contribution in [0, 0.1) is 6.92 Å². The van der Waals surface area contributed by atoms with Crippen molar-refractivity contribution in [2.24, 2.45) is 5.73 Å². The molecule has 2 N–H and O–H groups in total. The summed E-state index contributed by atoms with van der Waals surface area (Å²) in [7, 11) is 0. The summed E-state index contributed by atoms with van der Waals surface area (Å²) in [5.74, 6) is 0. The summed E-state index contributed by atoms with van der Waals surface area (Å²) >= 11 is 1.53. The van der Waals surface area contributed by atoms with Gasteiger partial charge in [0.2, 0.25) is 0 Å². The van der Waals surface area contributed by atoms with Crippen molar-refractivity contribution in [2.75, 3.05) is 0 Å². The third kappa shape index (κ3) is 2.15. The van der Waals surface area contributed by atoms with Crippen molar-refractivity contribution >= 4 is 11.5 Å². The minimum Gasteiger partial charge on any atom is -0.321 e. The van der Waals surface area contributed by atoms with Gasteiger partial charge in [0.25, 0.3) is 0 Å². The van der Waals surface area contributed by atoms with E-state index in [9.17, 15) is 0 Å². The van der Waals surface area contributed by atoms with E-state index >= 15 is 0 Å². The molecule has 0 radical (unpaired) electrons. The quantitative estimate of drug-likeness (QED) is 0.777. The molecule has 1 aromatic heterocycles. The average Bonchev–Trinajstić information content (AvgIpc) is 2.27. The van der Waals surface area contributed by atoms with Crippen LogP contribution in [0.4, 0.5) is 0 Å². The second-order valence-electron chi connectivity index (χ2n) is 5.44. The normalized spacial score (nSPS) is 13.4. The minimum atomic E-state index is -0.283. The van der Waals surface area contributed by atoms with Gasteiger partial charge in [-0.15, -0.1) is 0 Å². The zero-order valence-corrected chi connectivity index (χ0v) is 10.7. The van der Waals surface area contributed by atoms with Crippen LogP contribution in [-0.2, 0) is 11.0 Å². The van der Waals surface area contributed by atoms with E-state index in [-0.39, 0.29) is 11.0 Å². The van der Waals surface area contributed by atoms with E-state index in [1.165, 1.54) is 22.0 Å². The Labute approximate surface area is 90.7 Å². The van der Waals surface area contributed by atoms with Gasteiger partial charge in [-0.1, -0.05) is 20.8 Å². The molecule has 0 aliphatic heterocycles. The number of nitrogens with zero attached hydrogens (tertiary/aromatic N) is 1. The summed E-state index contributed by atoms with van der Waals surface area (Å²) in [6.07, 6.45) is 0. The van der Waals surface area contributed by atoms with E-state index in [0.717, 1.165) is 5.69 Å². The largest absolute Gasteiger partial charge is 0.321 e. The smallest absolute Gasteiger partial charge is 0.0552 e. The Hall–Kier alpha value is -0.410. The first-order valence-corrected chi connectivity index (χ1v) is 5.67. The van der Waals surface area contributed by atoms with Crippen molar-refractivity contribution in [3.05, 3.63) is 16.1 Å². The highest BCUT2D eigenvalue weighted by Crippen LogP contribution is 2.36. The van der Waals surface area contributed by atoms with E-state index in [1.54, 1.807) is 0 Å². The van der Waals surface area contributed by atoms with Gasteiger partial charge < -0.3 is 5.73 Å². The van der Waals surface area contributed by atoms with Gasteiger partial charge in [0.15, 0.2) is 0 Å². The van der Waals surface area contributed by atoms with Crippen molar-refractivity contribution < 1.29 is 0 Å². The lowest BCUT2D eigenvalue weighted by Crippen LogP contribution is -2.31. The zero-order valence-electron chi connectivity index (χ0n) is 9.93. The fraction of sp³-hybridized carbons (Fsp3) is 0.727. The molecule has 0 spiro atoms. The standard InChI is InChI=1S/C11H20N2S/c1-7-8(10(2,3)4)9(14-13-7)11(5,6)12/h12H2,1-6H3. The molecule has 0 amide bonds. The van der Waals surface area contributed by atoms with Gasteiger partial charge in [-0.3, -0.25) is 0 Å². The lowest BCUT2D eigenvalue weighted by Gasteiger charge is -2.26. The Kier molecular flexibility index (Phi) is 2.76. The number of hydrogen-bond donors (Lipinski definition) is 1. The summed E-state index contributed by atoms with van der Waals surface area (Å²) in [6, 6.07) is 0. The molecule has 0 bridgehead atoms. The summed E-state index contributed by atoms with van der Waals surface area (Å²) in [6.45, 7) is 12.8. The van der Waals surface area contributed by atoms with Gasteiger partial charge in [0.05, 0.1) is 5.69 Å². The number of rotatable bonds is 1. The van der Waals surface area contributed by atoms with E-state index in [4.69, 9.17) is 5.73 Å². The predicted molar refractivity (Wildman–Crippen MR) is 62.8 cm³/mol. The highest BCUT2D eigenvalue weighted by molar-refractivity contribution is 7.06.